The fourth-order valence-corrected chi connectivity index (χ4v) is 2.85. The highest BCUT2D eigenvalue weighted by Gasteiger charge is 2.18. The van der Waals surface area contributed by atoms with Gasteiger partial charge in [-0.1, -0.05) is 38.7 Å². The van der Waals surface area contributed by atoms with Crippen molar-refractivity contribution < 1.29 is 0 Å². The lowest BCUT2D eigenvalue weighted by Crippen LogP contribution is -2.32. The van der Waals surface area contributed by atoms with Gasteiger partial charge in [-0.2, -0.15) is 0 Å². The van der Waals surface area contributed by atoms with Crippen LogP contribution in [0.3, 0.4) is 0 Å². The highest BCUT2D eigenvalue weighted by Crippen LogP contribution is 2.24. The van der Waals surface area contributed by atoms with E-state index < -0.39 is 0 Å². The van der Waals surface area contributed by atoms with Crippen LogP contribution < -0.4 is 10.2 Å². The molecule has 1 heterocycles. The van der Waals surface area contributed by atoms with Crippen LogP contribution in [-0.4, -0.2) is 24.6 Å². The molecule has 3 nitrogen and oxygen atoms in total. The molecule has 19 heavy (non-hydrogen) atoms. The van der Waals surface area contributed by atoms with Crippen LogP contribution in [0.15, 0.2) is 18.2 Å². The molecule has 0 unspecified atom stereocenters. The molecule has 0 atom stereocenters. The summed E-state index contributed by atoms with van der Waals surface area (Å²) in [5.41, 5.74) is 1.14. The van der Waals surface area contributed by atoms with Gasteiger partial charge in [0.2, 0.25) is 0 Å². The van der Waals surface area contributed by atoms with Gasteiger partial charge in [0.15, 0.2) is 0 Å². The summed E-state index contributed by atoms with van der Waals surface area (Å²) >= 11 is 0. The largest absolute Gasteiger partial charge is 0.357 e. The second-order valence-corrected chi connectivity index (χ2v) is 5.52. The molecule has 1 aromatic rings. The lowest BCUT2D eigenvalue weighted by Gasteiger charge is -2.28. The number of pyridine rings is 1. The summed E-state index contributed by atoms with van der Waals surface area (Å²) in [4.78, 5) is 7.17. The second kappa shape index (κ2) is 7.49. The van der Waals surface area contributed by atoms with Gasteiger partial charge < -0.3 is 10.2 Å². The standard InChI is InChI=1S/C16H27N3/c1-3-17-13-14-9-8-12-16(18-14)19(2)15-10-6-4-5-7-11-15/h8-9,12,15,17H,3-7,10-11,13H2,1-2H3. The Morgan fingerprint density at radius 1 is 1.21 bits per heavy atom. The summed E-state index contributed by atoms with van der Waals surface area (Å²) in [5.74, 6) is 1.13. The van der Waals surface area contributed by atoms with Crippen molar-refractivity contribution in [3.8, 4) is 0 Å². The molecule has 1 aliphatic rings. The van der Waals surface area contributed by atoms with Gasteiger partial charge in [0.05, 0.1) is 5.69 Å². The lowest BCUT2D eigenvalue weighted by molar-refractivity contribution is 0.548. The van der Waals surface area contributed by atoms with Crippen LogP contribution in [0.2, 0.25) is 0 Å². The Bertz CT molecular complexity index is 370. The maximum Gasteiger partial charge on any atom is 0.128 e. The molecule has 0 bridgehead atoms. The summed E-state index contributed by atoms with van der Waals surface area (Å²) in [7, 11) is 2.20. The summed E-state index contributed by atoms with van der Waals surface area (Å²) in [6.07, 6.45) is 8.17. The predicted molar refractivity (Wildman–Crippen MR) is 81.5 cm³/mol. The Morgan fingerprint density at radius 2 is 1.95 bits per heavy atom. The van der Waals surface area contributed by atoms with Gasteiger partial charge in [0, 0.05) is 19.6 Å². The molecule has 3 heteroatoms. The molecule has 1 fully saturated rings. The molecular formula is C16H27N3. The molecule has 1 aliphatic carbocycles. The maximum atomic E-state index is 4.78. The second-order valence-electron chi connectivity index (χ2n) is 5.52. The van der Waals surface area contributed by atoms with Gasteiger partial charge >= 0.3 is 0 Å². The Hall–Kier alpha value is -1.09. The summed E-state index contributed by atoms with van der Waals surface area (Å²) in [5, 5.41) is 3.34. The van der Waals surface area contributed by atoms with Gasteiger partial charge in [-0.25, -0.2) is 4.98 Å². The van der Waals surface area contributed by atoms with Crippen LogP contribution >= 0.6 is 0 Å². The van der Waals surface area contributed by atoms with E-state index in [0.29, 0.717) is 6.04 Å². The first-order chi connectivity index (χ1) is 9.31. The maximum absolute atomic E-state index is 4.78. The van der Waals surface area contributed by atoms with Crippen LogP contribution in [0.25, 0.3) is 0 Å². The first-order valence-electron chi connectivity index (χ1n) is 7.70. The van der Waals surface area contributed by atoms with Crippen molar-refractivity contribution in [2.24, 2.45) is 0 Å². The highest BCUT2D eigenvalue weighted by molar-refractivity contribution is 5.39. The molecule has 0 amide bonds. The van der Waals surface area contributed by atoms with Gasteiger partial charge in [0.1, 0.15) is 5.82 Å². The van der Waals surface area contributed by atoms with E-state index in [1.807, 2.05) is 0 Å². The molecule has 0 spiro atoms. The molecule has 0 saturated heterocycles. The Kier molecular flexibility index (Phi) is 5.64. The number of rotatable bonds is 5. The van der Waals surface area contributed by atoms with E-state index in [1.165, 1.54) is 38.5 Å². The van der Waals surface area contributed by atoms with Gasteiger partial charge in [-0.15, -0.1) is 0 Å². The molecular weight excluding hydrogens is 234 g/mol. The zero-order chi connectivity index (χ0) is 13.5. The molecule has 1 aromatic heterocycles. The summed E-state index contributed by atoms with van der Waals surface area (Å²) < 4.78 is 0. The zero-order valence-electron chi connectivity index (χ0n) is 12.4. The minimum atomic E-state index is 0.671. The minimum absolute atomic E-state index is 0.671. The summed E-state index contributed by atoms with van der Waals surface area (Å²) in [6, 6.07) is 7.04. The Labute approximate surface area is 117 Å². The molecule has 1 N–H and O–H groups in total. The topological polar surface area (TPSA) is 28.2 Å². The van der Waals surface area contributed by atoms with Crippen molar-refractivity contribution in [3.05, 3.63) is 23.9 Å². The number of nitrogens with one attached hydrogen (secondary N) is 1. The first-order valence-corrected chi connectivity index (χ1v) is 7.70. The van der Waals surface area contributed by atoms with Crippen molar-refractivity contribution in [3.63, 3.8) is 0 Å². The minimum Gasteiger partial charge on any atom is -0.357 e. The molecule has 106 valence electrons. The first kappa shape index (κ1) is 14.3. The monoisotopic (exact) mass is 261 g/mol. The third-order valence-corrected chi connectivity index (χ3v) is 4.08. The average Bonchev–Trinajstić information content (AvgIpc) is 2.73. The lowest BCUT2D eigenvalue weighted by atomic mass is 10.1. The van der Waals surface area contributed by atoms with Crippen molar-refractivity contribution >= 4 is 5.82 Å². The van der Waals surface area contributed by atoms with E-state index in [9.17, 15) is 0 Å². The molecule has 0 radical (unpaired) electrons. The van der Waals surface area contributed by atoms with Crippen molar-refractivity contribution in [2.45, 2.75) is 58.0 Å². The van der Waals surface area contributed by atoms with Gasteiger partial charge in [-0.05, 0) is 31.5 Å². The van der Waals surface area contributed by atoms with Crippen LogP contribution in [0.4, 0.5) is 5.82 Å². The number of nitrogens with zero attached hydrogens (tertiary/aromatic N) is 2. The predicted octanol–water partition coefficient (Wildman–Crippen LogP) is 3.35. The van der Waals surface area contributed by atoms with Crippen LogP contribution in [0.1, 0.15) is 51.1 Å². The fraction of sp³-hybridized carbons (Fsp3) is 0.688. The summed E-state index contributed by atoms with van der Waals surface area (Å²) in [6.45, 7) is 3.98. The smallest absolute Gasteiger partial charge is 0.128 e. The molecule has 1 saturated carbocycles. The number of hydrogen-bond donors (Lipinski definition) is 1. The van der Waals surface area contributed by atoms with Gasteiger partial charge in [-0.3, -0.25) is 0 Å². The van der Waals surface area contributed by atoms with Crippen molar-refractivity contribution in [1.29, 1.82) is 0 Å². The van der Waals surface area contributed by atoms with E-state index in [-0.39, 0.29) is 0 Å². The van der Waals surface area contributed by atoms with Crippen LogP contribution in [0, 0.1) is 0 Å². The Balaban J connectivity index is 2.02. The third kappa shape index (κ3) is 4.20. The quantitative estimate of drug-likeness (QED) is 0.824. The van der Waals surface area contributed by atoms with E-state index in [0.717, 1.165) is 24.6 Å². The van der Waals surface area contributed by atoms with Crippen LogP contribution in [-0.2, 0) is 6.54 Å². The Morgan fingerprint density at radius 3 is 2.63 bits per heavy atom. The van der Waals surface area contributed by atoms with E-state index >= 15 is 0 Å². The average molecular weight is 261 g/mol. The number of aromatic nitrogens is 1. The SMILES string of the molecule is CCNCc1cccc(N(C)C2CCCCCC2)n1. The van der Waals surface area contributed by atoms with E-state index in [1.54, 1.807) is 0 Å². The highest BCUT2D eigenvalue weighted by atomic mass is 15.2. The fourth-order valence-electron chi connectivity index (χ4n) is 2.85. The van der Waals surface area contributed by atoms with E-state index in [4.69, 9.17) is 4.98 Å². The number of anilines is 1. The molecule has 0 aliphatic heterocycles. The van der Waals surface area contributed by atoms with Crippen molar-refractivity contribution in [1.82, 2.24) is 10.3 Å². The normalized spacial score (nSPS) is 17.2. The molecule has 0 aromatic carbocycles. The third-order valence-electron chi connectivity index (χ3n) is 4.08. The zero-order valence-corrected chi connectivity index (χ0v) is 12.4. The number of hydrogen-bond acceptors (Lipinski definition) is 3. The van der Waals surface area contributed by atoms with Crippen LogP contribution in [0.5, 0.6) is 0 Å². The van der Waals surface area contributed by atoms with Gasteiger partial charge in [0.25, 0.3) is 0 Å². The van der Waals surface area contributed by atoms with E-state index in [2.05, 4.69) is 42.4 Å². The van der Waals surface area contributed by atoms with Crippen molar-refractivity contribution in [2.75, 3.05) is 18.5 Å². The molecule has 2 rings (SSSR count).